The number of halogens is 1. The Morgan fingerprint density at radius 2 is 1.87 bits per heavy atom. The standard InChI is InChI=1S/C26H39ClO4/c1-25(2,3)18-8-10-22(28)19-12-14-21(15-13-19)26(27)20(16-17-23(26)29)9-6-4-5-7-11-24(30)31/h4,6,12-15,20,22-23,28-29H,5,7-11,16-18H2,1-3H3,(H,30,31)/t20-,22?,23+,26-/m0/s1. The van der Waals surface area contributed by atoms with E-state index in [-0.39, 0.29) is 17.8 Å². The molecule has 0 heterocycles. The SMILES string of the molecule is CC(C)(C)CCCC(O)c1ccc([C@@]2(Cl)[C@@H](CC=CCCCC(=O)O)CC[C@H]2O)cc1. The van der Waals surface area contributed by atoms with Crippen molar-refractivity contribution in [3.63, 3.8) is 0 Å². The monoisotopic (exact) mass is 450 g/mol. The molecule has 3 N–H and O–H groups in total. The number of aliphatic carboxylic acids is 1. The zero-order valence-electron chi connectivity index (χ0n) is 19.2. The van der Waals surface area contributed by atoms with E-state index >= 15 is 0 Å². The van der Waals surface area contributed by atoms with Crippen molar-refractivity contribution >= 4 is 17.6 Å². The molecule has 1 aliphatic rings. The minimum atomic E-state index is -0.832. The van der Waals surface area contributed by atoms with Gasteiger partial charge in [-0.2, -0.15) is 0 Å². The van der Waals surface area contributed by atoms with Gasteiger partial charge in [-0.1, -0.05) is 63.6 Å². The molecular formula is C26H39ClO4. The quantitative estimate of drug-likeness (QED) is 0.209. The van der Waals surface area contributed by atoms with E-state index in [9.17, 15) is 15.0 Å². The van der Waals surface area contributed by atoms with E-state index in [0.717, 1.165) is 49.7 Å². The molecule has 1 aliphatic carbocycles. The van der Waals surface area contributed by atoms with Crippen molar-refractivity contribution in [2.75, 3.05) is 0 Å². The van der Waals surface area contributed by atoms with Crippen LogP contribution in [-0.2, 0) is 9.67 Å². The first-order valence-electron chi connectivity index (χ1n) is 11.6. The zero-order chi connectivity index (χ0) is 23.1. The Morgan fingerprint density at radius 1 is 1.19 bits per heavy atom. The molecule has 2 rings (SSSR count). The van der Waals surface area contributed by atoms with E-state index in [1.165, 1.54) is 0 Å². The lowest BCUT2D eigenvalue weighted by molar-refractivity contribution is -0.137. The molecule has 31 heavy (non-hydrogen) atoms. The van der Waals surface area contributed by atoms with Crippen molar-refractivity contribution in [1.82, 2.24) is 0 Å². The van der Waals surface area contributed by atoms with Crippen LogP contribution in [-0.4, -0.2) is 27.4 Å². The Morgan fingerprint density at radius 3 is 2.48 bits per heavy atom. The van der Waals surface area contributed by atoms with Crippen molar-refractivity contribution in [2.24, 2.45) is 11.3 Å². The number of unbranched alkanes of at least 4 members (excludes halogenated alkanes) is 1. The molecular weight excluding hydrogens is 412 g/mol. The van der Waals surface area contributed by atoms with Gasteiger partial charge >= 0.3 is 5.97 Å². The van der Waals surface area contributed by atoms with Crippen molar-refractivity contribution in [1.29, 1.82) is 0 Å². The molecule has 0 saturated heterocycles. The summed E-state index contributed by atoms with van der Waals surface area (Å²) in [4.78, 5) is 9.76. The highest BCUT2D eigenvalue weighted by atomic mass is 35.5. The number of carbonyl (C=O) groups is 1. The average molecular weight is 451 g/mol. The summed E-state index contributed by atoms with van der Waals surface area (Å²) in [6, 6.07) is 7.77. The summed E-state index contributed by atoms with van der Waals surface area (Å²) < 4.78 is 0. The van der Waals surface area contributed by atoms with Crippen LogP contribution in [0.1, 0.15) is 95.8 Å². The van der Waals surface area contributed by atoms with Gasteiger partial charge in [0.1, 0.15) is 0 Å². The van der Waals surface area contributed by atoms with Gasteiger partial charge in [0.15, 0.2) is 0 Å². The first-order chi connectivity index (χ1) is 14.5. The fourth-order valence-electron chi connectivity index (χ4n) is 4.47. The van der Waals surface area contributed by atoms with E-state index in [2.05, 4.69) is 26.8 Å². The van der Waals surface area contributed by atoms with E-state index in [0.29, 0.717) is 12.8 Å². The number of alkyl halides is 1. The van der Waals surface area contributed by atoms with E-state index < -0.39 is 23.1 Å². The lowest BCUT2D eigenvalue weighted by Crippen LogP contribution is -2.34. The first-order valence-corrected chi connectivity index (χ1v) is 11.9. The highest BCUT2D eigenvalue weighted by molar-refractivity contribution is 6.25. The number of aliphatic hydroxyl groups is 2. The number of hydrogen-bond donors (Lipinski definition) is 3. The van der Waals surface area contributed by atoms with Crippen LogP contribution in [0, 0.1) is 11.3 Å². The van der Waals surface area contributed by atoms with Crippen LogP contribution in [0.15, 0.2) is 36.4 Å². The topological polar surface area (TPSA) is 77.8 Å². The third-order valence-corrected chi connectivity index (χ3v) is 7.14. The van der Waals surface area contributed by atoms with Crippen molar-refractivity contribution in [3.8, 4) is 0 Å². The smallest absolute Gasteiger partial charge is 0.303 e. The molecule has 1 unspecified atom stereocenters. The van der Waals surface area contributed by atoms with Crippen LogP contribution < -0.4 is 0 Å². The Hall–Kier alpha value is -1.36. The van der Waals surface area contributed by atoms with Gasteiger partial charge in [0.25, 0.3) is 0 Å². The van der Waals surface area contributed by atoms with Gasteiger partial charge in [0.05, 0.1) is 17.1 Å². The predicted octanol–water partition coefficient (Wildman–Crippen LogP) is 6.34. The van der Waals surface area contributed by atoms with Gasteiger partial charge in [0, 0.05) is 6.42 Å². The molecule has 1 aromatic carbocycles. The van der Waals surface area contributed by atoms with Gasteiger partial charge in [0.2, 0.25) is 0 Å². The summed E-state index contributed by atoms with van der Waals surface area (Å²) in [5.74, 6) is -0.655. The van der Waals surface area contributed by atoms with E-state index in [1.54, 1.807) is 0 Å². The van der Waals surface area contributed by atoms with Gasteiger partial charge < -0.3 is 15.3 Å². The lowest BCUT2D eigenvalue weighted by atomic mass is 9.83. The van der Waals surface area contributed by atoms with Crippen LogP contribution in [0.2, 0.25) is 0 Å². The molecule has 1 saturated carbocycles. The molecule has 0 bridgehead atoms. The second-order valence-corrected chi connectivity index (χ2v) is 10.8. The molecule has 0 radical (unpaired) electrons. The number of benzene rings is 1. The van der Waals surface area contributed by atoms with Crippen LogP contribution >= 0.6 is 11.6 Å². The second-order valence-electron chi connectivity index (χ2n) is 10.1. The van der Waals surface area contributed by atoms with Crippen LogP contribution in [0.3, 0.4) is 0 Å². The molecule has 174 valence electrons. The number of hydrogen-bond acceptors (Lipinski definition) is 3. The number of carboxylic acid groups (broad SMARTS) is 1. The van der Waals surface area contributed by atoms with Crippen molar-refractivity contribution in [2.45, 2.75) is 95.6 Å². The number of rotatable bonds is 11. The summed E-state index contributed by atoms with van der Waals surface area (Å²) >= 11 is 7.04. The summed E-state index contributed by atoms with van der Waals surface area (Å²) in [6.45, 7) is 6.63. The van der Waals surface area contributed by atoms with Crippen LogP contribution in [0.25, 0.3) is 0 Å². The molecule has 4 nitrogen and oxygen atoms in total. The predicted molar refractivity (Wildman–Crippen MR) is 126 cm³/mol. The maximum Gasteiger partial charge on any atom is 0.303 e. The van der Waals surface area contributed by atoms with E-state index in [1.807, 2.05) is 30.3 Å². The Bertz CT molecular complexity index is 722. The largest absolute Gasteiger partial charge is 0.481 e. The van der Waals surface area contributed by atoms with Gasteiger partial charge in [-0.05, 0) is 67.4 Å². The Balaban J connectivity index is 1.98. The van der Waals surface area contributed by atoms with Crippen molar-refractivity contribution < 1.29 is 20.1 Å². The lowest BCUT2D eigenvalue weighted by Gasteiger charge is -2.32. The molecule has 0 amide bonds. The van der Waals surface area contributed by atoms with Gasteiger partial charge in [-0.25, -0.2) is 0 Å². The maximum atomic E-state index is 10.7. The highest BCUT2D eigenvalue weighted by Crippen LogP contribution is 2.51. The number of carboxylic acids is 1. The first kappa shape index (κ1) is 25.9. The minimum absolute atomic E-state index is 0.113. The highest BCUT2D eigenvalue weighted by Gasteiger charge is 2.49. The van der Waals surface area contributed by atoms with Crippen LogP contribution in [0.4, 0.5) is 0 Å². The van der Waals surface area contributed by atoms with Gasteiger partial charge in [-0.15, -0.1) is 11.6 Å². The molecule has 4 atom stereocenters. The fraction of sp³-hybridized carbons (Fsp3) is 0.654. The van der Waals surface area contributed by atoms with Gasteiger partial charge in [-0.3, -0.25) is 4.79 Å². The van der Waals surface area contributed by atoms with Crippen molar-refractivity contribution in [3.05, 3.63) is 47.5 Å². The molecule has 0 spiro atoms. The normalized spacial score (nSPS) is 25.2. The zero-order valence-corrected chi connectivity index (χ0v) is 19.9. The number of allylic oxidation sites excluding steroid dienone is 2. The second kappa shape index (κ2) is 11.5. The average Bonchev–Trinajstić information content (AvgIpc) is 2.98. The summed E-state index contributed by atoms with van der Waals surface area (Å²) in [5, 5.41) is 29.9. The Kier molecular flexibility index (Phi) is 9.60. The maximum absolute atomic E-state index is 10.7. The fourth-order valence-corrected chi connectivity index (χ4v) is 4.90. The molecule has 1 aromatic rings. The molecule has 1 fully saturated rings. The number of aliphatic hydroxyl groups excluding tert-OH is 2. The Labute approximate surface area is 192 Å². The molecule has 0 aromatic heterocycles. The molecule has 0 aliphatic heterocycles. The minimum Gasteiger partial charge on any atom is -0.481 e. The summed E-state index contributed by atoms with van der Waals surface area (Å²) in [7, 11) is 0. The third-order valence-electron chi connectivity index (χ3n) is 6.36. The van der Waals surface area contributed by atoms with Crippen LogP contribution in [0.5, 0.6) is 0 Å². The summed E-state index contributed by atoms with van der Waals surface area (Å²) in [5.41, 5.74) is 2.06. The van der Waals surface area contributed by atoms with E-state index in [4.69, 9.17) is 16.7 Å². The third kappa shape index (κ3) is 7.62. The molecule has 5 heteroatoms. The summed E-state index contributed by atoms with van der Waals surface area (Å²) in [6.07, 6.45) is 9.59.